The monoisotopic (exact) mass is 355 g/mol. The van der Waals surface area contributed by atoms with Crippen LogP contribution in [0.1, 0.15) is 0 Å². The standard InChI is InChI=1S/C18H17N3O3S/c19-20-18(22)13-21(25(23,24)15-9-2-1-3-10-15)17-12-6-8-14-7-4-5-11-16(14)17/h1-12H,13,19H2,(H,20,22). The first-order valence-electron chi connectivity index (χ1n) is 7.59. The smallest absolute Gasteiger partial charge is 0.264 e. The molecule has 1 amide bonds. The number of hydrazine groups is 1. The molecule has 0 atom stereocenters. The number of anilines is 1. The number of hydrogen-bond acceptors (Lipinski definition) is 4. The van der Waals surface area contributed by atoms with Gasteiger partial charge < -0.3 is 0 Å². The number of nitrogens with two attached hydrogens (primary N) is 1. The first kappa shape index (κ1) is 16.9. The fourth-order valence-electron chi connectivity index (χ4n) is 2.62. The highest BCUT2D eigenvalue weighted by Gasteiger charge is 2.27. The molecule has 3 N–H and O–H groups in total. The summed E-state index contributed by atoms with van der Waals surface area (Å²) in [5, 5.41) is 1.61. The summed E-state index contributed by atoms with van der Waals surface area (Å²) in [5.41, 5.74) is 2.41. The zero-order valence-corrected chi connectivity index (χ0v) is 14.1. The molecule has 0 bridgehead atoms. The minimum atomic E-state index is -3.93. The molecule has 0 heterocycles. The third kappa shape index (κ3) is 3.33. The predicted octanol–water partition coefficient (Wildman–Crippen LogP) is 2.03. The van der Waals surface area contributed by atoms with Crippen molar-refractivity contribution in [3.63, 3.8) is 0 Å². The summed E-state index contributed by atoms with van der Waals surface area (Å²) < 4.78 is 27.3. The van der Waals surface area contributed by atoms with E-state index in [9.17, 15) is 13.2 Å². The summed E-state index contributed by atoms with van der Waals surface area (Å²) in [6, 6.07) is 20.7. The minimum absolute atomic E-state index is 0.104. The van der Waals surface area contributed by atoms with Gasteiger partial charge in [0.1, 0.15) is 6.54 Å². The van der Waals surface area contributed by atoms with Crippen LogP contribution in [0.5, 0.6) is 0 Å². The molecule has 7 heteroatoms. The van der Waals surface area contributed by atoms with Gasteiger partial charge in [-0.25, -0.2) is 14.3 Å². The summed E-state index contributed by atoms with van der Waals surface area (Å²) in [4.78, 5) is 12.0. The molecule has 3 aromatic rings. The van der Waals surface area contributed by atoms with Crippen molar-refractivity contribution < 1.29 is 13.2 Å². The average Bonchev–Trinajstić information content (AvgIpc) is 2.66. The van der Waals surface area contributed by atoms with Gasteiger partial charge in [-0.1, -0.05) is 54.6 Å². The number of carbonyl (C=O) groups excluding carboxylic acids is 1. The van der Waals surface area contributed by atoms with Crippen LogP contribution in [0.25, 0.3) is 10.8 Å². The first-order chi connectivity index (χ1) is 12.0. The van der Waals surface area contributed by atoms with Crippen molar-refractivity contribution in [3.05, 3.63) is 72.8 Å². The number of carbonyl (C=O) groups is 1. The molecule has 0 aliphatic heterocycles. The molecule has 25 heavy (non-hydrogen) atoms. The summed E-state index contributed by atoms with van der Waals surface area (Å²) >= 11 is 0. The summed E-state index contributed by atoms with van der Waals surface area (Å²) in [6.07, 6.45) is 0. The van der Waals surface area contributed by atoms with E-state index in [4.69, 9.17) is 5.84 Å². The molecule has 0 unspecified atom stereocenters. The van der Waals surface area contributed by atoms with Gasteiger partial charge in [0, 0.05) is 5.39 Å². The number of benzene rings is 3. The second-order valence-corrected chi connectivity index (χ2v) is 7.25. The van der Waals surface area contributed by atoms with Crippen LogP contribution in [0.4, 0.5) is 5.69 Å². The molecule has 3 rings (SSSR count). The Hall–Kier alpha value is -2.90. The Morgan fingerprint density at radius 3 is 2.28 bits per heavy atom. The SMILES string of the molecule is NNC(=O)CN(c1cccc2ccccc12)S(=O)(=O)c1ccccc1. The third-order valence-corrected chi connectivity index (χ3v) is 5.59. The largest absolute Gasteiger partial charge is 0.293 e. The number of sulfonamides is 1. The Balaban J connectivity index is 2.20. The zero-order valence-electron chi connectivity index (χ0n) is 13.3. The highest BCUT2D eigenvalue weighted by atomic mass is 32.2. The van der Waals surface area contributed by atoms with E-state index in [-0.39, 0.29) is 4.90 Å². The van der Waals surface area contributed by atoms with Crippen molar-refractivity contribution in [1.29, 1.82) is 0 Å². The fourth-order valence-corrected chi connectivity index (χ4v) is 4.08. The van der Waals surface area contributed by atoms with E-state index < -0.39 is 22.5 Å². The van der Waals surface area contributed by atoms with E-state index >= 15 is 0 Å². The van der Waals surface area contributed by atoms with Gasteiger partial charge in [-0.05, 0) is 23.6 Å². The third-order valence-electron chi connectivity index (χ3n) is 3.81. The lowest BCUT2D eigenvalue weighted by Crippen LogP contribution is -2.43. The Bertz CT molecular complexity index is 999. The van der Waals surface area contributed by atoms with Gasteiger partial charge in [0.25, 0.3) is 15.9 Å². The van der Waals surface area contributed by atoms with E-state index in [1.165, 1.54) is 12.1 Å². The van der Waals surface area contributed by atoms with E-state index in [1.807, 2.05) is 35.8 Å². The molecule has 128 valence electrons. The average molecular weight is 355 g/mol. The van der Waals surface area contributed by atoms with E-state index in [0.717, 1.165) is 15.1 Å². The second kappa shape index (κ2) is 6.92. The molecule has 0 fully saturated rings. The normalized spacial score (nSPS) is 11.2. The lowest BCUT2D eigenvalue weighted by Gasteiger charge is -2.25. The van der Waals surface area contributed by atoms with E-state index in [2.05, 4.69) is 0 Å². The highest BCUT2D eigenvalue weighted by molar-refractivity contribution is 7.92. The molecule has 6 nitrogen and oxygen atoms in total. The molecule has 0 saturated heterocycles. The quantitative estimate of drug-likeness (QED) is 0.416. The van der Waals surface area contributed by atoms with Gasteiger partial charge in [0.15, 0.2) is 0 Å². The number of hydrogen-bond donors (Lipinski definition) is 2. The van der Waals surface area contributed by atoms with Crippen molar-refractivity contribution in [3.8, 4) is 0 Å². The Morgan fingerprint density at radius 1 is 0.920 bits per heavy atom. The molecule has 3 aromatic carbocycles. The maximum Gasteiger partial charge on any atom is 0.264 e. The molecular formula is C18H17N3O3S. The summed E-state index contributed by atoms with van der Waals surface area (Å²) in [6.45, 7) is -0.415. The number of amides is 1. The Kier molecular flexibility index (Phi) is 4.69. The minimum Gasteiger partial charge on any atom is -0.293 e. The topological polar surface area (TPSA) is 92.5 Å². The van der Waals surface area contributed by atoms with Crippen LogP contribution in [0.3, 0.4) is 0 Å². The van der Waals surface area contributed by atoms with Crippen LogP contribution < -0.4 is 15.6 Å². The molecular weight excluding hydrogens is 338 g/mol. The number of nitrogens with one attached hydrogen (secondary N) is 1. The maximum absolute atomic E-state index is 13.1. The van der Waals surface area contributed by atoms with Crippen molar-refractivity contribution in [1.82, 2.24) is 5.43 Å². The van der Waals surface area contributed by atoms with Crippen LogP contribution in [0, 0.1) is 0 Å². The Labute approximate surface area is 145 Å². The van der Waals surface area contributed by atoms with Gasteiger partial charge in [-0.3, -0.25) is 14.5 Å². The molecule has 0 aliphatic carbocycles. The predicted molar refractivity (Wildman–Crippen MR) is 97.3 cm³/mol. The summed E-state index contributed by atoms with van der Waals surface area (Å²) in [5.74, 6) is 4.57. The molecule has 0 radical (unpaired) electrons. The second-order valence-electron chi connectivity index (χ2n) is 5.39. The van der Waals surface area contributed by atoms with Crippen LogP contribution >= 0.6 is 0 Å². The zero-order chi connectivity index (χ0) is 17.9. The van der Waals surface area contributed by atoms with Gasteiger partial charge in [0.05, 0.1) is 10.6 Å². The maximum atomic E-state index is 13.1. The van der Waals surface area contributed by atoms with Crippen molar-refractivity contribution in [2.24, 2.45) is 5.84 Å². The van der Waals surface area contributed by atoms with Gasteiger partial charge in [-0.15, -0.1) is 0 Å². The van der Waals surface area contributed by atoms with Crippen LogP contribution in [0.2, 0.25) is 0 Å². The highest BCUT2D eigenvalue weighted by Crippen LogP contribution is 2.30. The van der Waals surface area contributed by atoms with E-state index in [1.54, 1.807) is 30.3 Å². The first-order valence-corrected chi connectivity index (χ1v) is 9.03. The lowest BCUT2D eigenvalue weighted by atomic mass is 10.1. The van der Waals surface area contributed by atoms with Crippen LogP contribution in [-0.4, -0.2) is 20.9 Å². The number of rotatable bonds is 5. The summed E-state index contributed by atoms with van der Waals surface area (Å²) in [7, 11) is -3.93. The van der Waals surface area contributed by atoms with Gasteiger partial charge >= 0.3 is 0 Å². The van der Waals surface area contributed by atoms with Crippen molar-refractivity contribution >= 4 is 32.4 Å². The molecule has 0 spiro atoms. The van der Waals surface area contributed by atoms with E-state index in [0.29, 0.717) is 5.69 Å². The van der Waals surface area contributed by atoms with Crippen molar-refractivity contribution in [2.75, 3.05) is 10.8 Å². The molecule has 0 aromatic heterocycles. The lowest BCUT2D eigenvalue weighted by molar-refractivity contribution is -0.119. The number of nitrogens with zero attached hydrogens (tertiary/aromatic N) is 1. The van der Waals surface area contributed by atoms with Crippen LogP contribution in [-0.2, 0) is 14.8 Å². The Morgan fingerprint density at radius 2 is 1.56 bits per heavy atom. The van der Waals surface area contributed by atoms with Gasteiger partial charge in [-0.2, -0.15) is 0 Å². The van der Waals surface area contributed by atoms with Crippen molar-refractivity contribution in [2.45, 2.75) is 4.90 Å². The van der Waals surface area contributed by atoms with Crippen LogP contribution in [0.15, 0.2) is 77.7 Å². The molecule has 0 aliphatic rings. The fraction of sp³-hybridized carbons (Fsp3) is 0.0556. The van der Waals surface area contributed by atoms with Gasteiger partial charge in [0.2, 0.25) is 0 Å². The molecule has 0 saturated carbocycles. The number of fused-ring (bicyclic) bond motifs is 1.